The lowest BCUT2D eigenvalue weighted by atomic mass is 10.0. The molecule has 0 spiro atoms. The summed E-state index contributed by atoms with van der Waals surface area (Å²) in [5, 5.41) is 17.4. The zero-order valence-electron chi connectivity index (χ0n) is 7.96. The van der Waals surface area contributed by atoms with E-state index in [4.69, 9.17) is 10.5 Å². The van der Waals surface area contributed by atoms with Gasteiger partial charge in [0.15, 0.2) is 11.6 Å². The Bertz CT molecular complexity index is 597. The third-order valence-corrected chi connectivity index (χ3v) is 2.31. The normalized spacial score (nSPS) is 11.9. The molecule has 0 heterocycles. The van der Waals surface area contributed by atoms with Gasteiger partial charge in [-0.1, -0.05) is 12.2 Å². The molecular weight excluding hydrogens is 210 g/mol. The Hall–Kier alpha value is -2.46. The average Bonchev–Trinajstić information content (AvgIpc) is 2.65. The van der Waals surface area contributed by atoms with Crippen molar-refractivity contribution in [3.8, 4) is 12.1 Å². The molecular formula is C12H4F2N2. The first-order chi connectivity index (χ1) is 7.67. The summed E-state index contributed by atoms with van der Waals surface area (Å²) < 4.78 is 25.9. The van der Waals surface area contributed by atoms with E-state index in [0.29, 0.717) is 16.7 Å². The molecule has 2 rings (SSSR count). The first kappa shape index (κ1) is 10.1. The van der Waals surface area contributed by atoms with Crippen LogP contribution in [0.4, 0.5) is 8.78 Å². The third-order valence-electron chi connectivity index (χ3n) is 2.31. The number of benzene rings is 1. The average molecular weight is 214 g/mol. The van der Waals surface area contributed by atoms with E-state index in [1.54, 1.807) is 18.2 Å². The molecule has 16 heavy (non-hydrogen) atoms. The number of fused-ring (bicyclic) bond motifs is 1. The van der Waals surface area contributed by atoms with Crippen molar-refractivity contribution in [1.82, 2.24) is 0 Å². The van der Waals surface area contributed by atoms with Crippen molar-refractivity contribution in [2.24, 2.45) is 0 Å². The molecule has 0 bridgehead atoms. The molecule has 76 valence electrons. The molecule has 4 heteroatoms. The van der Waals surface area contributed by atoms with Crippen LogP contribution < -0.4 is 0 Å². The summed E-state index contributed by atoms with van der Waals surface area (Å²) in [5.41, 5.74) is 1.06. The second-order valence-corrected chi connectivity index (χ2v) is 3.20. The Morgan fingerprint density at radius 2 is 1.62 bits per heavy atom. The zero-order valence-corrected chi connectivity index (χ0v) is 7.96. The summed E-state index contributed by atoms with van der Waals surface area (Å²) in [6.45, 7) is 0. The SMILES string of the molecule is N#CC(C#N)=C1C=Cc2cc(F)c(F)cc21. The number of nitrogens with zero attached hydrogens (tertiary/aromatic N) is 2. The minimum atomic E-state index is -0.991. The van der Waals surface area contributed by atoms with Crippen LogP contribution in [0.15, 0.2) is 23.8 Å². The summed E-state index contributed by atoms with van der Waals surface area (Å²) >= 11 is 0. The fourth-order valence-corrected chi connectivity index (χ4v) is 1.56. The Morgan fingerprint density at radius 3 is 2.25 bits per heavy atom. The van der Waals surface area contributed by atoms with E-state index in [2.05, 4.69) is 0 Å². The van der Waals surface area contributed by atoms with Crippen molar-refractivity contribution in [2.75, 3.05) is 0 Å². The van der Waals surface area contributed by atoms with Gasteiger partial charge < -0.3 is 0 Å². The van der Waals surface area contributed by atoms with Gasteiger partial charge in [-0.3, -0.25) is 0 Å². The maximum Gasteiger partial charge on any atom is 0.159 e. The van der Waals surface area contributed by atoms with Crippen LogP contribution in [0.3, 0.4) is 0 Å². The first-order valence-corrected chi connectivity index (χ1v) is 4.39. The molecule has 0 unspecified atom stereocenters. The van der Waals surface area contributed by atoms with Gasteiger partial charge in [0.25, 0.3) is 0 Å². The van der Waals surface area contributed by atoms with Crippen molar-refractivity contribution in [3.05, 3.63) is 46.5 Å². The monoisotopic (exact) mass is 214 g/mol. The molecule has 0 amide bonds. The van der Waals surface area contributed by atoms with E-state index in [0.717, 1.165) is 12.1 Å². The highest BCUT2D eigenvalue weighted by Crippen LogP contribution is 2.32. The number of hydrogen-bond donors (Lipinski definition) is 0. The summed E-state index contributed by atoms with van der Waals surface area (Å²) in [5.74, 6) is -1.93. The highest BCUT2D eigenvalue weighted by atomic mass is 19.2. The molecule has 1 aromatic carbocycles. The van der Waals surface area contributed by atoms with Crippen LogP contribution in [-0.4, -0.2) is 0 Å². The highest BCUT2D eigenvalue weighted by Gasteiger charge is 2.18. The minimum absolute atomic E-state index is 0.110. The minimum Gasteiger partial charge on any atom is -0.204 e. The first-order valence-electron chi connectivity index (χ1n) is 4.39. The van der Waals surface area contributed by atoms with E-state index >= 15 is 0 Å². The molecule has 0 aliphatic heterocycles. The standard InChI is InChI=1S/C12H4F2N2/c13-11-3-7-1-2-9(8(5-15)6-16)10(7)4-12(11)14/h1-4H. The van der Waals surface area contributed by atoms with Crippen molar-refractivity contribution in [1.29, 1.82) is 10.5 Å². The fourth-order valence-electron chi connectivity index (χ4n) is 1.56. The molecule has 0 aromatic heterocycles. The quantitative estimate of drug-likeness (QED) is 0.623. The van der Waals surface area contributed by atoms with Gasteiger partial charge in [-0.15, -0.1) is 0 Å². The molecule has 0 atom stereocenters. The Morgan fingerprint density at radius 1 is 1.00 bits per heavy atom. The van der Waals surface area contributed by atoms with Gasteiger partial charge in [-0.05, 0) is 23.3 Å². The zero-order chi connectivity index (χ0) is 11.7. The summed E-state index contributed by atoms with van der Waals surface area (Å²) in [6, 6.07) is 5.48. The Labute approximate surface area is 90.4 Å². The van der Waals surface area contributed by atoms with Crippen LogP contribution >= 0.6 is 0 Å². The van der Waals surface area contributed by atoms with Crippen LogP contribution in [0.1, 0.15) is 11.1 Å². The largest absolute Gasteiger partial charge is 0.204 e. The van der Waals surface area contributed by atoms with Gasteiger partial charge in [0, 0.05) is 5.57 Å². The second-order valence-electron chi connectivity index (χ2n) is 3.20. The predicted molar refractivity (Wildman–Crippen MR) is 53.5 cm³/mol. The number of hydrogen-bond acceptors (Lipinski definition) is 2. The Balaban J connectivity index is 2.71. The smallest absolute Gasteiger partial charge is 0.159 e. The van der Waals surface area contributed by atoms with Gasteiger partial charge in [-0.2, -0.15) is 10.5 Å². The maximum atomic E-state index is 13.0. The number of allylic oxidation sites excluding steroid dienone is 3. The lowest BCUT2D eigenvalue weighted by Crippen LogP contribution is -1.91. The van der Waals surface area contributed by atoms with Crippen LogP contribution in [0.5, 0.6) is 0 Å². The van der Waals surface area contributed by atoms with Crippen LogP contribution in [0.25, 0.3) is 11.6 Å². The lowest BCUT2D eigenvalue weighted by Gasteiger charge is -2.02. The molecule has 0 fully saturated rings. The molecule has 0 saturated heterocycles. The molecule has 0 radical (unpaired) electrons. The molecule has 1 aliphatic carbocycles. The van der Waals surface area contributed by atoms with E-state index in [-0.39, 0.29) is 5.57 Å². The van der Waals surface area contributed by atoms with Crippen molar-refractivity contribution in [3.63, 3.8) is 0 Å². The summed E-state index contributed by atoms with van der Waals surface area (Å²) in [4.78, 5) is 0. The molecule has 0 N–H and O–H groups in total. The van der Waals surface area contributed by atoms with Gasteiger partial charge in [-0.25, -0.2) is 8.78 Å². The van der Waals surface area contributed by atoms with Crippen LogP contribution in [0, 0.1) is 34.3 Å². The molecule has 1 aromatic rings. The van der Waals surface area contributed by atoms with Gasteiger partial charge >= 0.3 is 0 Å². The maximum absolute atomic E-state index is 13.0. The van der Waals surface area contributed by atoms with Gasteiger partial charge in [0.05, 0.1) is 0 Å². The summed E-state index contributed by atoms with van der Waals surface area (Å²) in [7, 11) is 0. The molecule has 0 saturated carbocycles. The van der Waals surface area contributed by atoms with Crippen molar-refractivity contribution in [2.45, 2.75) is 0 Å². The topological polar surface area (TPSA) is 47.6 Å². The summed E-state index contributed by atoms with van der Waals surface area (Å²) in [6.07, 6.45) is 3.05. The molecule has 2 nitrogen and oxygen atoms in total. The number of halogens is 2. The lowest BCUT2D eigenvalue weighted by molar-refractivity contribution is 0.508. The van der Waals surface area contributed by atoms with Crippen LogP contribution in [-0.2, 0) is 0 Å². The van der Waals surface area contributed by atoms with Crippen molar-refractivity contribution < 1.29 is 8.78 Å². The van der Waals surface area contributed by atoms with E-state index < -0.39 is 11.6 Å². The van der Waals surface area contributed by atoms with Gasteiger partial charge in [0.2, 0.25) is 0 Å². The fraction of sp³-hybridized carbons (Fsp3) is 0. The van der Waals surface area contributed by atoms with Crippen molar-refractivity contribution >= 4 is 11.6 Å². The molecule has 1 aliphatic rings. The van der Waals surface area contributed by atoms with Gasteiger partial charge in [0.1, 0.15) is 17.7 Å². The predicted octanol–water partition coefficient (Wildman–Crippen LogP) is 2.79. The Kier molecular flexibility index (Phi) is 2.27. The third kappa shape index (κ3) is 1.37. The van der Waals surface area contributed by atoms with E-state index in [1.807, 2.05) is 0 Å². The van der Waals surface area contributed by atoms with E-state index in [1.165, 1.54) is 6.08 Å². The number of nitriles is 2. The highest BCUT2D eigenvalue weighted by molar-refractivity contribution is 5.94. The van der Waals surface area contributed by atoms with E-state index in [9.17, 15) is 8.78 Å². The number of rotatable bonds is 0. The van der Waals surface area contributed by atoms with Crippen LogP contribution in [0.2, 0.25) is 0 Å². The second kappa shape index (κ2) is 3.60.